The second-order valence-corrected chi connectivity index (χ2v) is 12.9. The van der Waals surface area contributed by atoms with Gasteiger partial charge in [0.15, 0.2) is 0 Å². The molecule has 0 aliphatic carbocycles. The molecule has 256 valence electrons. The number of alkyl halides is 3. The number of fused-ring (bicyclic) bond motifs is 1. The summed E-state index contributed by atoms with van der Waals surface area (Å²) in [4.78, 5) is 45.8. The quantitative estimate of drug-likeness (QED) is 0.177. The molecule has 4 aromatic rings. The Kier molecular flexibility index (Phi) is 10.1. The average Bonchev–Trinajstić information content (AvgIpc) is 3.43. The van der Waals surface area contributed by atoms with Crippen LogP contribution >= 0.6 is 0 Å². The van der Waals surface area contributed by atoms with Crippen molar-refractivity contribution in [1.82, 2.24) is 24.2 Å². The van der Waals surface area contributed by atoms with Gasteiger partial charge in [-0.15, -0.1) is 0 Å². The van der Waals surface area contributed by atoms with Gasteiger partial charge >= 0.3 is 12.1 Å². The summed E-state index contributed by atoms with van der Waals surface area (Å²) in [5, 5.41) is 12.7. The van der Waals surface area contributed by atoms with Crippen LogP contribution < -0.4 is 10.9 Å². The highest BCUT2D eigenvalue weighted by Crippen LogP contribution is 2.34. The number of hydrogen-bond donors (Lipinski definition) is 2. The maximum absolute atomic E-state index is 14.2. The van der Waals surface area contributed by atoms with Gasteiger partial charge < -0.3 is 19.9 Å². The molecule has 1 aromatic carbocycles. The van der Waals surface area contributed by atoms with Crippen LogP contribution in [0.1, 0.15) is 73.0 Å². The van der Waals surface area contributed by atoms with E-state index in [1.165, 1.54) is 12.1 Å². The van der Waals surface area contributed by atoms with E-state index in [1.807, 2.05) is 18.7 Å². The monoisotopic (exact) mass is 669 g/mol. The maximum Gasteiger partial charge on any atom is 0.416 e. The van der Waals surface area contributed by atoms with Gasteiger partial charge in [-0.3, -0.25) is 18.8 Å². The number of aryl methyl sites for hydroxylation is 2. The Hall–Kier alpha value is -4.52. The number of hydrogen-bond acceptors (Lipinski definition) is 5. The number of aromatic nitrogens is 3. The standard InChI is InChI=1S/C35H39F4N5O4/c1-20(2)12-29(44-19-23(6-10-42-8-5-9-42)26(17-31(44)45)35(37,38)39)34(48)41-27(18-32(46)47)24-15-28(43-11-7-40-30(43)16-24)33-21(3)13-25(36)14-22(33)4/h7,11,13-17,19-20,27,29H,5-6,8-10,12,18H2,1-4H3,(H,41,48)(H,46,47)/t27-,29+/m0/s1. The number of carboxylic acids is 1. The fourth-order valence-corrected chi connectivity index (χ4v) is 6.42. The van der Waals surface area contributed by atoms with Gasteiger partial charge in [0.05, 0.1) is 23.7 Å². The Bertz CT molecular complexity index is 1870. The van der Waals surface area contributed by atoms with E-state index in [0.29, 0.717) is 46.2 Å². The summed E-state index contributed by atoms with van der Waals surface area (Å²) >= 11 is 0. The number of rotatable bonds is 12. The predicted octanol–water partition coefficient (Wildman–Crippen LogP) is 6.11. The minimum absolute atomic E-state index is 0.0438. The number of nitrogens with zero attached hydrogens (tertiary/aromatic N) is 4. The van der Waals surface area contributed by atoms with Gasteiger partial charge in [0.1, 0.15) is 17.5 Å². The zero-order valence-electron chi connectivity index (χ0n) is 27.3. The molecule has 0 spiro atoms. The minimum Gasteiger partial charge on any atom is -0.481 e. The summed E-state index contributed by atoms with van der Waals surface area (Å²) < 4.78 is 59.1. The van der Waals surface area contributed by atoms with E-state index >= 15 is 0 Å². The van der Waals surface area contributed by atoms with Gasteiger partial charge in [0.25, 0.3) is 5.56 Å². The summed E-state index contributed by atoms with van der Waals surface area (Å²) in [7, 11) is 0. The second-order valence-electron chi connectivity index (χ2n) is 12.9. The van der Waals surface area contributed by atoms with Gasteiger partial charge in [-0.1, -0.05) is 13.8 Å². The predicted molar refractivity (Wildman–Crippen MR) is 172 cm³/mol. The number of nitrogens with one attached hydrogen (secondary N) is 1. The van der Waals surface area contributed by atoms with Crippen LogP contribution in [-0.4, -0.2) is 55.5 Å². The Morgan fingerprint density at radius 1 is 1.06 bits per heavy atom. The van der Waals surface area contributed by atoms with Crippen LogP contribution in [0.15, 0.2) is 53.7 Å². The van der Waals surface area contributed by atoms with Crippen molar-refractivity contribution >= 4 is 17.5 Å². The molecule has 1 aliphatic rings. The first kappa shape index (κ1) is 34.8. The number of pyridine rings is 2. The number of amides is 1. The molecule has 0 saturated carbocycles. The van der Waals surface area contributed by atoms with Gasteiger partial charge in [-0.05, 0) is 98.6 Å². The smallest absolute Gasteiger partial charge is 0.416 e. The highest BCUT2D eigenvalue weighted by atomic mass is 19.4. The molecule has 48 heavy (non-hydrogen) atoms. The molecule has 1 fully saturated rings. The molecular weight excluding hydrogens is 630 g/mol. The summed E-state index contributed by atoms with van der Waals surface area (Å²) in [5.41, 5.74) is 1.37. The summed E-state index contributed by atoms with van der Waals surface area (Å²) in [6.45, 7) is 9.12. The van der Waals surface area contributed by atoms with Crippen molar-refractivity contribution in [2.24, 2.45) is 5.92 Å². The summed E-state index contributed by atoms with van der Waals surface area (Å²) in [6.07, 6.45) is 0.267. The molecule has 1 saturated heterocycles. The van der Waals surface area contributed by atoms with Gasteiger partial charge in [-0.25, -0.2) is 9.37 Å². The first-order valence-electron chi connectivity index (χ1n) is 15.9. The largest absolute Gasteiger partial charge is 0.481 e. The molecule has 2 atom stereocenters. The molecule has 9 nitrogen and oxygen atoms in total. The van der Waals surface area contributed by atoms with Gasteiger partial charge in [-0.2, -0.15) is 13.2 Å². The van der Waals surface area contributed by atoms with E-state index in [2.05, 4.69) is 10.3 Å². The zero-order chi connectivity index (χ0) is 34.9. The van der Waals surface area contributed by atoms with Crippen molar-refractivity contribution < 1.29 is 32.3 Å². The number of halogens is 4. The number of likely N-dealkylation sites (tertiary alicyclic amines) is 1. The van der Waals surface area contributed by atoms with Crippen molar-refractivity contribution in [3.8, 4) is 11.3 Å². The normalized spacial score (nSPS) is 15.0. The molecule has 0 unspecified atom stereocenters. The van der Waals surface area contributed by atoms with Crippen LogP contribution in [0.5, 0.6) is 0 Å². The number of benzene rings is 1. The van der Waals surface area contributed by atoms with Crippen molar-refractivity contribution in [2.75, 3.05) is 19.6 Å². The Labute approximate surface area is 275 Å². The molecule has 0 bridgehead atoms. The first-order chi connectivity index (χ1) is 22.6. The van der Waals surface area contributed by atoms with Crippen LogP contribution in [0.3, 0.4) is 0 Å². The number of aliphatic carboxylic acids is 1. The van der Waals surface area contributed by atoms with Crippen LogP contribution in [0.25, 0.3) is 16.9 Å². The van der Waals surface area contributed by atoms with Crippen LogP contribution in [0.2, 0.25) is 0 Å². The molecule has 2 N–H and O–H groups in total. The summed E-state index contributed by atoms with van der Waals surface area (Å²) in [6, 6.07) is 4.38. The molecule has 5 rings (SSSR count). The lowest BCUT2D eigenvalue weighted by atomic mass is 9.95. The topological polar surface area (TPSA) is 109 Å². The lowest BCUT2D eigenvalue weighted by Gasteiger charge is -2.31. The van der Waals surface area contributed by atoms with Crippen molar-refractivity contribution in [3.63, 3.8) is 0 Å². The third-order valence-electron chi connectivity index (χ3n) is 8.83. The van der Waals surface area contributed by atoms with E-state index in [9.17, 15) is 37.1 Å². The van der Waals surface area contributed by atoms with Crippen molar-refractivity contribution in [1.29, 1.82) is 0 Å². The van der Waals surface area contributed by atoms with E-state index in [0.717, 1.165) is 30.3 Å². The second kappa shape index (κ2) is 13.9. The molecule has 13 heteroatoms. The van der Waals surface area contributed by atoms with E-state index in [1.54, 1.807) is 42.8 Å². The van der Waals surface area contributed by atoms with Crippen LogP contribution in [-0.2, 0) is 22.2 Å². The molecule has 0 radical (unpaired) electrons. The lowest BCUT2D eigenvalue weighted by molar-refractivity contribution is -0.139. The SMILES string of the molecule is Cc1cc(F)cc(C)c1-c1cc([C@H](CC(=O)O)NC(=O)[C@@H](CC(C)C)n2cc(CCN3CCC3)c(C(F)(F)F)cc2=O)cc2nccn12. The third kappa shape index (κ3) is 7.61. The fourth-order valence-electron chi connectivity index (χ4n) is 6.42. The van der Waals surface area contributed by atoms with Crippen molar-refractivity contribution in [3.05, 3.63) is 92.9 Å². The highest BCUT2D eigenvalue weighted by Gasteiger charge is 2.36. The molecule has 1 aliphatic heterocycles. The average molecular weight is 670 g/mol. The Morgan fingerprint density at radius 3 is 2.33 bits per heavy atom. The molecular formula is C35H39F4N5O4. The van der Waals surface area contributed by atoms with E-state index in [-0.39, 0.29) is 24.3 Å². The highest BCUT2D eigenvalue weighted by molar-refractivity contribution is 5.82. The molecule has 1 amide bonds. The zero-order valence-corrected chi connectivity index (χ0v) is 27.3. The number of carbonyl (C=O) groups is 2. The van der Waals surface area contributed by atoms with Gasteiger partial charge in [0, 0.05) is 36.8 Å². The van der Waals surface area contributed by atoms with Crippen molar-refractivity contribution in [2.45, 2.75) is 71.6 Å². The third-order valence-corrected chi connectivity index (χ3v) is 8.83. The maximum atomic E-state index is 14.2. The molecule has 3 aromatic heterocycles. The van der Waals surface area contributed by atoms with Crippen LogP contribution in [0, 0.1) is 25.6 Å². The number of imidazole rings is 1. The number of carbonyl (C=O) groups excluding carboxylic acids is 1. The lowest BCUT2D eigenvalue weighted by Crippen LogP contribution is -2.41. The molecule has 4 heterocycles. The van der Waals surface area contributed by atoms with Gasteiger partial charge in [0.2, 0.25) is 5.91 Å². The fraction of sp³-hybridized carbons (Fsp3) is 0.429. The number of carboxylic acid groups (broad SMARTS) is 1. The first-order valence-corrected chi connectivity index (χ1v) is 15.9. The van der Waals surface area contributed by atoms with E-state index in [4.69, 9.17) is 0 Å². The Balaban J connectivity index is 1.56. The minimum atomic E-state index is -4.75. The summed E-state index contributed by atoms with van der Waals surface area (Å²) in [5.74, 6) is -2.46. The van der Waals surface area contributed by atoms with Crippen LogP contribution in [0.4, 0.5) is 17.6 Å². The Morgan fingerprint density at radius 2 is 1.75 bits per heavy atom. The van der Waals surface area contributed by atoms with E-state index < -0.39 is 53.5 Å².